The molecule has 10 heteroatoms. The van der Waals surface area contributed by atoms with Crippen LogP contribution in [0.2, 0.25) is 0 Å². The summed E-state index contributed by atoms with van der Waals surface area (Å²) >= 11 is 0. The van der Waals surface area contributed by atoms with Crippen molar-refractivity contribution in [1.82, 2.24) is 5.32 Å². The van der Waals surface area contributed by atoms with Crippen molar-refractivity contribution < 1.29 is 32.2 Å². The monoisotopic (exact) mass is 334 g/mol. The van der Waals surface area contributed by atoms with Crippen LogP contribution < -0.4 is 10.5 Å². The Labute approximate surface area is 126 Å². The van der Waals surface area contributed by atoms with Gasteiger partial charge in [-0.1, -0.05) is 0 Å². The molecule has 0 bridgehead atoms. The highest BCUT2D eigenvalue weighted by atomic mass is 32.2. The topological polar surface area (TPSA) is 136 Å². The molecule has 1 unspecified atom stereocenters. The molecule has 4 N–H and O–H groups in total. The number of amides is 1. The van der Waals surface area contributed by atoms with Gasteiger partial charge < -0.3 is 15.2 Å². The Kier molecular flexibility index (Phi) is 5.22. The summed E-state index contributed by atoms with van der Waals surface area (Å²) in [7, 11) is -2.99. The zero-order chi connectivity index (χ0) is 17.1. The summed E-state index contributed by atoms with van der Waals surface area (Å²) in [4.78, 5) is 22.5. The lowest BCUT2D eigenvalue weighted by molar-refractivity contribution is -0.167. The molecular weight excluding hydrogens is 319 g/mol. The van der Waals surface area contributed by atoms with Crippen molar-refractivity contribution in [2.24, 2.45) is 5.14 Å². The summed E-state index contributed by atoms with van der Waals surface area (Å²) in [6.07, 6.45) is 0. The van der Waals surface area contributed by atoms with Gasteiger partial charge in [0.2, 0.25) is 15.6 Å². The number of nitrogens with one attached hydrogen (secondary N) is 1. The fourth-order valence-electron chi connectivity index (χ4n) is 1.48. The van der Waals surface area contributed by atoms with Crippen LogP contribution in [0, 0.1) is 5.82 Å². The van der Waals surface area contributed by atoms with E-state index in [2.05, 4.69) is 10.1 Å². The number of sulfonamides is 1. The molecule has 122 valence electrons. The molecule has 8 nitrogen and oxygen atoms in total. The van der Waals surface area contributed by atoms with Gasteiger partial charge in [0.1, 0.15) is 5.82 Å². The number of nitrogens with two attached hydrogens (primary N) is 1. The Morgan fingerprint density at radius 3 is 2.50 bits per heavy atom. The number of rotatable bonds is 6. The van der Waals surface area contributed by atoms with Crippen LogP contribution in [0.3, 0.4) is 0 Å². The Balaban J connectivity index is 2.98. The van der Waals surface area contributed by atoms with E-state index in [9.17, 15) is 22.4 Å². The highest BCUT2D eigenvalue weighted by Crippen LogP contribution is 2.15. The number of carboxylic acids is 1. The first-order chi connectivity index (χ1) is 10.0. The number of hydrogen-bond donors (Lipinski definition) is 3. The molecule has 0 spiro atoms. The Bertz CT molecular complexity index is 706. The fraction of sp³-hybridized carbons (Fsp3) is 0.333. The number of carbonyl (C=O) groups excluding carboxylic acids is 1. The zero-order valence-electron chi connectivity index (χ0n) is 11.8. The Hall–Kier alpha value is -2.04. The molecule has 1 aromatic carbocycles. The van der Waals surface area contributed by atoms with Crippen molar-refractivity contribution in [2.75, 3.05) is 7.11 Å². The lowest BCUT2D eigenvalue weighted by atomic mass is 10.1. The molecule has 0 aromatic heterocycles. The number of hydrogen-bond acceptors (Lipinski definition) is 5. The van der Waals surface area contributed by atoms with Gasteiger partial charge in [-0.25, -0.2) is 22.7 Å². The van der Waals surface area contributed by atoms with Crippen LogP contribution in [0.25, 0.3) is 0 Å². The summed E-state index contributed by atoms with van der Waals surface area (Å²) in [5.41, 5.74) is -2.31. The zero-order valence-corrected chi connectivity index (χ0v) is 12.6. The van der Waals surface area contributed by atoms with Crippen molar-refractivity contribution in [3.8, 4) is 0 Å². The smallest absolute Gasteiger partial charge is 0.345 e. The highest BCUT2D eigenvalue weighted by molar-refractivity contribution is 7.89. The SMILES string of the molecule is COC(C)(C(=O)O)C(=O)NCc1cc(S(N)(=O)=O)ccc1F. The first kappa shape index (κ1) is 18.0. The third-order valence-electron chi connectivity index (χ3n) is 3.03. The van der Waals surface area contributed by atoms with E-state index in [1.54, 1.807) is 0 Å². The molecule has 0 saturated carbocycles. The van der Waals surface area contributed by atoms with Gasteiger partial charge >= 0.3 is 5.97 Å². The summed E-state index contributed by atoms with van der Waals surface area (Å²) < 4.78 is 40.6. The highest BCUT2D eigenvalue weighted by Gasteiger charge is 2.41. The maximum Gasteiger partial charge on any atom is 0.345 e. The van der Waals surface area contributed by atoms with Gasteiger partial charge in [0, 0.05) is 19.2 Å². The molecule has 1 rings (SSSR count). The second-order valence-corrected chi connectivity index (χ2v) is 6.08. The van der Waals surface area contributed by atoms with Crippen LogP contribution in [0.4, 0.5) is 4.39 Å². The number of carboxylic acid groups (broad SMARTS) is 1. The van der Waals surface area contributed by atoms with Crippen molar-refractivity contribution in [2.45, 2.75) is 24.0 Å². The Morgan fingerprint density at radius 2 is 2.05 bits per heavy atom. The van der Waals surface area contributed by atoms with Crippen LogP contribution >= 0.6 is 0 Å². The fourth-order valence-corrected chi connectivity index (χ4v) is 2.05. The summed E-state index contributed by atoms with van der Waals surface area (Å²) in [6, 6.07) is 2.82. The standard InChI is InChI=1S/C12H15FN2O6S/c1-12(21-2,11(17)18)10(16)15-6-7-5-8(22(14,19)20)3-4-9(7)13/h3-5H,6H2,1-2H3,(H,15,16)(H,17,18)(H2,14,19,20). The number of benzene rings is 1. The number of ether oxygens (including phenoxy) is 1. The van der Waals surface area contributed by atoms with E-state index >= 15 is 0 Å². The molecule has 22 heavy (non-hydrogen) atoms. The van der Waals surface area contributed by atoms with E-state index in [0.717, 1.165) is 32.2 Å². The molecule has 1 atom stereocenters. The molecule has 0 aliphatic rings. The lowest BCUT2D eigenvalue weighted by Crippen LogP contribution is -2.51. The number of primary sulfonamides is 1. The maximum absolute atomic E-state index is 13.6. The molecule has 0 fully saturated rings. The normalized spacial score (nSPS) is 14.2. The van der Waals surface area contributed by atoms with Crippen LogP contribution in [0.1, 0.15) is 12.5 Å². The third-order valence-corrected chi connectivity index (χ3v) is 3.95. The van der Waals surface area contributed by atoms with Gasteiger partial charge in [-0.3, -0.25) is 4.79 Å². The van der Waals surface area contributed by atoms with Gasteiger partial charge in [0.25, 0.3) is 5.91 Å². The van der Waals surface area contributed by atoms with E-state index in [1.807, 2.05) is 0 Å². The lowest BCUT2D eigenvalue weighted by Gasteiger charge is -2.22. The minimum absolute atomic E-state index is 0.163. The molecule has 0 radical (unpaired) electrons. The number of aliphatic carboxylic acids is 1. The number of carbonyl (C=O) groups is 2. The van der Waals surface area contributed by atoms with Crippen LogP contribution in [0.5, 0.6) is 0 Å². The molecule has 1 aromatic rings. The largest absolute Gasteiger partial charge is 0.479 e. The molecular formula is C12H15FN2O6S. The van der Waals surface area contributed by atoms with Crippen molar-refractivity contribution >= 4 is 21.9 Å². The van der Waals surface area contributed by atoms with Gasteiger partial charge in [-0.15, -0.1) is 0 Å². The first-order valence-corrected chi connectivity index (χ1v) is 7.45. The summed E-state index contributed by atoms with van der Waals surface area (Å²) in [5.74, 6) is -3.31. The number of halogens is 1. The van der Waals surface area contributed by atoms with Crippen LogP contribution in [-0.2, 0) is 30.9 Å². The third kappa shape index (κ3) is 3.78. The van der Waals surface area contributed by atoms with E-state index < -0.39 is 39.9 Å². The van der Waals surface area contributed by atoms with Gasteiger partial charge in [0.05, 0.1) is 4.90 Å². The van der Waals surface area contributed by atoms with Crippen LogP contribution in [0.15, 0.2) is 23.1 Å². The van der Waals surface area contributed by atoms with E-state index in [0.29, 0.717) is 0 Å². The first-order valence-electron chi connectivity index (χ1n) is 5.90. The minimum Gasteiger partial charge on any atom is -0.479 e. The minimum atomic E-state index is -4.03. The van der Waals surface area contributed by atoms with E-state index in [4.69, 9.17) is 10.2 Å². The molecule has 0 aliphatic carbocycles. The van der Waals surface area contributed by atoms with Gasteiger partial charge in [0.15, 0.2) is 0 Å². The second-order valence-electron chi connectivity index (χ2n) is 4.52. The quantitative estimate of drug-likeness (QED) is 0.605. The predicted molar refractivity (Wildman–Crippen MR) is 72.7 cm³/mol. The van der Waals surface area contributed by atoms with Crippen molar-refractivity contribution in [3.05, 3.63) is 29.6 Å². The number of methoxy groups -OCH3 is 1. The van der Waals surface area contributed by atoms with E-state index in [1.165, 1.54) is 0 Å². The molecule has 0 heterocycles. The van der Waals surface area contributed by atoms with Crippen molar-refractivity contribution in [1.29, 1.82) is 0 Å². The molecule has 0 saturated heterocycles. The van der Waals surface area contributed by atoms with Gasteiger partial charge in [-0.2, -0.15) is 0 Å². The average Bonchev–Trinajstić information content (AvgIpc) is 2.43. The summed E-state index contributed by atoms with van der Waals surface area (Å²) in [6.45, 7) is 0.599. The second kappa shape index (κ2) is 6.38. The van der Waals surface area contributed by atoms with E-state index in [-0.39, 0.29) is 10.5 Å². The average molecular weight is 334 g/mol. The predicted octanol–water partition coefficient (Wildman–Crippen LogP) is -0.421. The Morgan fingerprint density at radius 1 is 1.45 bits per heavy atom. The maximum atomic E-state index is 13.6. The molecule has 0 aliphatic heterocycles. The molecule has 1 amide bonds. The van der Waals surface area contributed by atoms with Crippen LogP contribution in [-0.4, -0.2) is 38.1 Å². The van der Waals surface area contributed by atoms with Gasteiger partial charge in [-0.05, 0) is 25.1 Å². The van der Waals surface area contributed by atoms with Crippen molar-refractivity contribution in [3.63, 3.8) is 0 Å². The summed E-state index contributed by atoms with van der Waals surface area (Å²) in [5, 5.41) is 16.0.